The van der Waals surface area contributed by atoms with Crippen molar-refractivity contribution in [1.29, 1.82) is 0 Å². The first kappa shape index (κ1) is 10.1. The van der Waals surface area contributed by atoms with Crippen molar-refractivity contribution in [1.82, 2.24) is 0 Å². The lowest BCUT2D eigenvalue weighted by Gasteiger charge is -2.03. The van der Waals surface area contributed by atoms with Crippen molar-refractivity contribution in [3.63, 3.8) is 0 Å². The van der Waals surface area contributed by atoms with Gasteiger partial charge in [0.25, 0.3) is 0 Å². The van der Waals surface area contributed by atoms with E-state index in [9.17, 15) is 0 Å². The van der Waals surface area contributed by atoms with E-state index in [0.717, 1.165) is 6.42 Å². The maximum absolute atomic E-state index is 4.19. The Balaban J connectivity index is 4.11. The Morgan fingerprint density at radius 1 is 1.55 bits per heavy atom. The Hall–Kier alpha value is -0.920. The molecule has 62 valence electrons. The topological polar surface area (TPSA) is 24.7 Å². The van der Waals surface area contributed by atoms with Crippen LogP contribution in [0.25, 0.3) is 0 Å². The smallest absolute Gasteiger partial charge is 0.115 e. The van der Waals surface area contributed by atoms with E-state index in [4.69, 9.17) is 0 Å². The SMILES string of the molecule is C=CN=CN=C(CC)C(C)C. The number of hydrogen-bond donors (Lipinski definition) is 0. The summed E-state index contributed by atoms with van der Waals surface area (Å²) in [7, 11) is 0. The fourth-order valence-electron chi connectivity index (χ4n) is 0.803. The van der Waals surface area contributed by atoms with Gasteiger partial charge in [0.15, 0.2) is 0 Å². The molecule has 0 heterocycles. The zero-order valence-electron chi connectivity index (χ0n) is 7.54. The molecule has 0 fully saturated rings. The molecule has 0 aliphatic rings. The van der Waals surface area contributed by atoms with Crippen molar-refractivity contribution in [2.24, 2.45) is 15.9 Å². The Kier molecular flexibility index (Phi) is 5.35. The number of hydrogen-bond acceptors (Lipinski definition) is 1. The molecule has 0 atom stereocenters. The van der Waals surface area contributed by atoms with Gasteiger partial charge < -0.3 is 0 Å². The van der Waals surface area contributed by atoms with Gasteiger partial charge in [-0.05, 0) is 12.3 Å². The summed E-state index contributed by atoms with van der Waals surface area (Å²) in [4.78, 5) is 7.98. The van der Waals surface area contributed by atoms with Gasteiger partial charge in [0.05, 0.1) is 0 Å². The summed E-state index contributed by atoms with van der Waals surface area (Å²) in [6.45, 7) is 9.82. The van der Waals surface area contributed by atoms with Crippen LogP contribution in [0, 0.1) is 5.92 Å². The van der Waals surface area contributed by atoms with E-state index in [2.05, 4.69) is 37.3 Å². The summed E-state index contributed by atoms with van der Waals surface area (Å²) in [6.07, 6.45) is 4.02. The quantitative estimate of drug-likeness (QED) is 0.437. The van der Waals surface area contributed by atoms with Gasteiger partial charge in [-0.2, -0.15) is 0 Å². The summed E-state index contributed by atoms with van der Waals surface area (Å²) in [5, 5.41) is 0. The highest BCUT2D eigenvalue weighted by Gasteiger charge is 1.99. The molecule has 0 amide bonds. The summed E-state index contributed by atoms with van der Waals surface area (Å²) in [5.74, 6) is 0.510. The summed E-state index contributed by atoms with van der Waals surface area (Å²) < 4.78 is 0. The van der Waals surface area contributed by atoms with Gasteiger partial charge in [-0.25, -0.2) is 9.98 Å². The van der Waals surface area contributed by atoms with Crippen molar-refractivity contribution in [3.8, 4) is 0 Å². The lowest BCUT2D eigenvalue weighted by Crippen LogP contribution is -2.05. The van der Waals surface area contributed by atoms with Gasteiger partial charge in [0.2, 0.25) is 0 Å². The summed E-state index contributed by atoms with van der Waals surface area (Å²) >= 11 is 0. The van der Waals surface area contributed by atoms with E-state index in [1.807, 2.05) is 0 Å². The second kappa shape index (κ2) is 5.83. The third-order valence-electron chi connectivity index (χ3n) is 1.42. The molecule has 0 spiro atoms. The second-order valence-electron chi connectivity index (χ2n) is 2.58. The molecular weight excluding hydrogens is 136 g/mol. The maximum atomic E-state index is 4.19. The first-order chi connectivity index (χ1) is 5.22. The minimum atomic E-state index is 0.510. The van der Waals surface area contributed by atoms with Crippen molar-refractivity contribution in [2.75, 3.05) is 0 Å². The van der Waals surface area contributed by atoms with Crippen LogP contribution in [0.5, 0.6) is 0 Å². The van der Waals surface area contributed by atoms with Crippen LogP contribution in [0.4, 0.5) is 0 Å². The summed E-state index contributed by atoms with van der Waals surface area (Å²) in [5.41, 5.74) is 1.18. The highest BCUT2D eigenvalue weighted by atomic mass is 14.8. The van der Waals surface area contributed by atoms with Gasteiger partial charge >= 0.3 is 0 Å². The highest BCUT2D eigenvalue weighted by Crippen LogP contribution is 1.99. The fourth-order valence-corrected chi connectivity index (χ4v) is 0.803. The van der Waals surface area contributed by atoms with Crippen LogP contribution in [0.1, 0.15) is 27.2 Å². The van der Waals surface area contributed by atoms with Crippen LogP contribution < -0.4 is 0 Å². The fraction of sp³-hybridized carbons (Fsp3) is 0.556. The van der Waals surface area contributed by atoms with Crippen molar-refractivity contribution < 1.29 is 0 Å². The zero-order chi connectivity index (χ0) is 8.69. The van der Waals surface area contributed by atoms with E-state index < -0.39 is 0 Å². The molecule has 0 unspecified atom stereocenters. The van der Waals surface area contributed by atoms with Crippen LogP contribution in [0.2, 0.25) is 0 Å². The van der Waals surface area contributed by atoms with Gasteiger partial charge in [0, 0.05) is 11.9 Å². The minimum absolute atomic E-state index is 0.510. The van der Waals surface area contributed by atoms with Crippen LogP contribution in [-0.4, -0.2) is 12.1 Å². The summed E-state index contributed by atoms with van der Waals surface area (Å²) in [6, 6.07) is 0. The molecule has 0 bridgehead atoms. The molecule has 0 saturated heterocycles. The second-order valence-corrected chi connectivity index (χ2v) is 2.58. The number of nitrogens with zero attached hydrogens (tertiary/aromatic N) is 2. The third-order valence-corrected chi connectivity index (χ3v) is 1.42. The van der Waals surface area contributed by atoms with E-state index >= 15 is 0 Å². The van der Waals surface area contributed by atoms with E-state index in [0.29, 0.717) is 5.92 Å². The van der Waals surface area contributed by atoms with E-state index in [1.54, 1.807) is 6.34 Å². The van der Waals surface area contributed by atoms with Crippen molar-refractivity contribution in [2.45, 2.75) is 27.2 Å². The monoisotopic (exact) mass is 152 g/mol. The first-order valence-electron chi connectivity index (χ1n) is 3.91. The number of rotatable bonds is 4. The molecule has 2 heteroatoms. The van der Waals surface area contributed by atoms with Crippen LogP contribution in [0.3, 0.4) is 0 Å². The molecule has 0 aromatic carbocycles. The number of aliphatic imine (C=N–C) groups is 2. The Bertz CT molecular complexity index is 166. The molecule has 11 heavy (non-hydrogen) atoms. The standard InChI is InChI=1S/C9H16N2/c1-5-9(8(3)4)11-7-10-6-2/h6-8H,2,5H2,1,3-4H3. The maximum Gasteiger partial charge on any atom is 0.115 e. The predicted octanol–water partition coefficient (Wildman–Crippen LogP) is 2.67. The lowest BCUT2D eigenvalue weighted by atomic mass is 10.1. The Morgan fingerprint density at radius 3 is 2.55 bits per heavy atom. The molecular formula is C9H16N2. The van der Waals surface area contributed by atoms with Crippen LogP contribution >= 0.6 is 0 Å². The molecule has 0 aromatic rings. The van der Waals surface area contributed by atoms with Crippen molar-refractivity contribution in [3.05, 3.63) is 12.8 Å². The molecule has 0 saturated carbocycles. The Labute approximate surface area is 68.8 Å². The minimum Gasteiger partial charge on any atom is -0.246 e. The molecule has 0 radical (unpaired) electrons. The van der Waals surface area contributed by atoms with Crippen molar-refractivity contribution >= 4 is 12.1 Å². The molecule has 0 aromatic heterocycles. The average molecular weight is 152 g/mol. The molecule has 0 rings (SSSR count). The molecule has 2 nitrogen and oxygen atoms in total. The molecule has 0 N–H and O–H groups in total. The molecule has 0 aliphatic carbocycles. The average Bonchev–Trinajstić information content (AvgIpc) is 1.97. The Morgan fingerprint density at radius 2 is 2.18 bits per heavy atom. The van der Waals surface area contributed by atoms with Gasteiger partial charge in [-0.3, -0.25) is 0 Å². The van der Waals surface area contributed by atoms with Crippen LogP contribution in [-0.2, 0) is 0 Å². The van der Waals surface area contributed by atoms with Crippen LogP contribution in [0.15, 0.2) is 22.8 Å². The zero-order valence-corrected chi connectivity index (χ0v) is 7.54. The van der Waals surface area contributed by atoms with Gasteiger partial charge in [-0.15, -0.1) is 0 Å². The van der Waals surface area contributed by atoms with Gasteiger partial charge in [0.1, 0.15) is 6.34 Å². The predicted molar refractivity (Wildman–Crippen MR) is 51.3 cm³/mol. The van der Waals surface area contributed by atoms with E-state index in [-0.39, 0.29) is 0 Å². The third kappa shape index (κ3) is 4.48. The van der Waals surface area contributed by atoms with E-state index in [1.165, 1.54) is 11.9 Å². The highest BCUT2D eigenvalue weighted by molar-refractivity contribution is 5.91. The normalized spacial score (nSPS) is 12.9. The largest absolute Gasteiger partial charge is 0.246 e. The molecule has 0 aliphatic heterocycles. The van der Waals surface area contributed by atoms with Gasteiger partial charge in [-0.1, -0.05) is 27.4 Å². The first-order valence-corrected chi connectivity index (χ1v) is 3.91. The lowest BCUT2D eigenvalue weighted by molar-refractivity contribution is 0.860.